The third-order valence-electron chi connectivity index (χ3n) is 4.94. The largest absolute Gasteiger partial charge is 0.508 e. The molecule has 132 valence electrons. The molecular formula is C19H19Br2NO3. The van der Waals surface area contributed by atoms with Gasteiger partial charge in [0.25, 0.3) is 0 Å². The van der Waals surface area contributed by atoms with Gasteiger partial charge >= 0.3 is 0 Å². The van der Waals surface area contributed by atoms with Crippen molar-refractivity contribution in [1.82, 2.24) is 5.32 Å². The van der Waals surface area contributed by atoms with Crippen LogP contribution in [0.1, 0.15) is 37.1 Å². The van der Waals surface area contributed by atoms with Crippen molar-refractivity contribution in [3.63, 3.8) is 0 Å². The summed E-state index contributed by atoms with van der Waals surface area (Å²) in [6.07, 6.45) is 0. The van der Waals surface area contributed by atoms with Crippen molar-refractivity contribution < 1.29 is 15.0 Å². The average molecular weight is 469 g/mol. The second-order valence-corrected chi connectivity index (χ2v) is 8.16. The fourth-order valence-electron chi connectivity index (χ4n) is 3.56. The molecular weight excluding hydrogens is 450 g/mol. The number of phenolic OH excluding ortho intramolecular Hbond substituents is 2. The van der Waals surface area contributed by atoms with E-state index in [2.05, 4.69) is 37.2 Å². The third kappa shape index (κ3) is 3.23. The third-order valence-corrected chi connectivity index (χ3v) is 6.32. The Morgan fingerprint density at radius 3 is 1.60 bits per heavy atom. The molecule has 0 bridgehead atoms. The van der Waals surface area contributed by atoms with Gasteiger partial charge in [0.2, 0.25) is 0 Å². The molecule has 6 heteroatoms. The van der Waals surface area contributed by atoms with Gasteiger partial charge in [0.15, 0.2) is 0 Å². The molecule has 1 aliphatic rings. The van der Waals surface area contributed by atoms with E-state index in [0.29, 0.717) is 11.1 Å². The zero-order valence-corrected chi connectivity index (χ0v) is 17.0. The molecule has 3 N–H and O–H groups in total. The van der Waals surface area contributed by atoms with E-state index in [9.17, 15) is 15.0 Å². The maximum Gasteiger partial charge on any atom is 0.142 e. The molecule has 0 saturated carbocycles. The van der Waals surface area contributed by atoms with Crippen molar-refractivity contribution in [2.24, 2.45) is 11.8 Å². The van der Waals surface area contributed by atoms with Gasteiger partial charge in [-0.25, -0.2) is 0 Å². The highest BCUT2D eigenvalue weighted by Gasteiger charge is 2.42. The van der Waals surface area contributed by atoms with Crippen molar-refractivity contribution in [1.29, 1.82) is 0 Å². The number of hydrogen-bond acceptors (Lipinski definition) is 4. The van der Waals surface area contributed by atoms with Crippen LogP contribution in [-0.4, -0.2) is 16.0 Å². The van der Waals surface area contributed by atoms with Crippen LogP contribution in [0, 0.1) is 11.8 Å². The number of hydrogen-bond donors (Lipinski definition) is 3. The van der Waals surface area contributed by atoms with E-state index in [0.717, 1.165) is 8.95 Å². The van der Waals surface area contributed by atoms with Crippen LogP contribution in [-0.2, 0) is 4.79 Å². The van der Waals surface area contributed by atoms with Gasteiger partial charge in [0, 0.05) is 44.0 Å². The number of benzene rings is 2. The molecule has 3 rings (SSSR count). The number of nitrogens with one attached hydrogen (secondary N) is 1. The quantitative estimate of drug-likeness (QED) is 0.589. The van der Waals surface area contributed by atoms with Crippen LogP contribution < -0.4 is 5.32 Å². The number of phenols is 2. The molecule has 1 saturated heterocycles. The van der Waals surface area contributed by atoms with E-state index >= 15 is 0 Å². The van der Waals surface area contributed by atoms with Gasteiger partial charge in [-0.2, -0.15) is 0 Å². The summed E-state index contributed by atoms with van der Waals surface area (Å²) in [7, 11) is 0. The minimum absolute atomic E-state index is 0.0963. The second-order valence-electron chi connectivity index (χ2n) is 6.45. The molecule has 0 aromatic heterocycles. The molecule has 25 heavy (non-hydrogen) atoms. The minimum Gasteiger partial charge on any atom is -0.508 e. The van der Waals surface area contributed by atoms with E-state index in [4.69, 9.17) is 0 Å². The van der Waals surface area contributed by atoms with Gasteiger partial charge in [-0.1, -0.05) is 57.8 Å². The van der Waals surface area contributed by atoms with Gasteiger partial charge < -0.3 is 15.5 Å². The topological polar surface area (TPSA) is 69.6 Å². The number of carbonyl (C=O) groups is 1. The number of aromatic hydroxyl groups is 2. The average Bonchev–Trinajstić information content (AvgIpc) is 2.56. The van der Waals surface area contributed by atoms with Gasteiger partial charge in [0.1, 0.15) is 17.3 Å². The Morgan fingerprint density at radius 2 is 1.24 bits per heavy atom. The van der Waals surface area contributed by atoms with Crippen LogP contribution in [0.3, 0.4) is 0 Å². The number of halogens is 2. The fourth-order valence-corrected chi connectivity index (χ4v) is 4.76. The van der Waals surface area contributed by atoms with Gasteiger partial charge in [-0.15, -0.1) is 0 Å². The van der Waals surface area contributed by atoms with E-state index in [1.807, 2.05) is 26.0 Å². The van der Waals surface area contributed by atoms with Crippen LogP contribution in [0.4, 0.5) is 0 Å². The predicted molar refractivity (Wildman–Crippen MR) is 104 cm³/mol. The Hall–Kier alpha value is -1.37. The Kier molecular flexibility index (Phi) is 5.23. The van der Waals surface area contributed by atoms with Crippen LogP contribution >= 0.6 is 31.9 Å². The second kappa shape index (κ2) is 7.09. The van der Waals surface area contributed by atoms with Crippen molar-refractivity contribution in [2.45, 2.75) is 25.9 Å². The minimum atomic E-state index is -0.365. The van der Waals surface area contributed by atoms with Crippen molar-refractivity contribution in [2.75, 3.05) is 0 Å². The number of carbonyl (C=O) groups excluding carboxylic acids is 1. The highest BCUT2D eigenvalue weighted by molar-refractivity contribution is 9.10. The number of Topliss-reactive ketones (excluding diaryl/α,β-unsaturated/α-hetero) is 1. The summed E-state index contributed by atoms with van der Waals surface area (Å²) in [5.74, 6) is -0.243. The van der Waals surface area contributed by atoms with E-state index in [1.165, 1.54) is 0 Å². The molecule has 1 fully saturated rings. The van der Waals surface area contributed by atoms with Crippen LogP contribution in [0.15, 0.2) is 45.3 Å². The summed E-state index contributed by atoms with van der Waals surface area (Å²) in [5.41, 5.74) is 1.32. The summed E-state index contributed by atoms with van der Waals surface area (Å²) in [4.78, 5) is 12.9. The van der Waals surface area contributed by atoms with Crippen LogP contribution in [0.2, 0.25) is 0 Å². The molecule has 0 radical (unpaired) electrons. The molecule has 0 unspecified atom stereocenters. The smallest absolute Gasteiger partial charge is 0.142 e. The SMILES string of the molecule is C[C@@H]1C(=O)[C@@H](C)[C@@H](c2c(O)cccc2Br)N[C@@H]1c1c(O)cccc1Br. The Labute approximate surface area is 163 Å². The van der Waals surface area contributed by atoms with Gasteiger partial charge in [-0.3, -0.25) is 4.79 Å². The first-order valence-electron chi connectivity index (χ1n) is 8.07. The van der Waals surface area contributed by atoms with Gasteiger partial charge in [-0.05, 0) is 24.3 Å². The normalized spacial score (nSPS) is 26.6. The van der Waals surface area contributed by atoms with Crippen LogP contribution in [0.5, 0.6) is 11.5 Å². The predicted octanol–water partition coefficient (Wildman–Crippen LogP) is 4.85. The lowest BCUT2D eigenvalue weighted by molar-refractivity contribution is -0.130. The summed E-state index contributed by atoms with van der Waals surface area (Å²) in [5, 5.41) is 24.2. The lowest BCUT2D eigenvalue weighted by atomic mass is 9.76. The summed E-state index contributed by atoms with van der Waals surface area (Å²) < 4.78 is 1.49. The van der Waals surface area contributed by atoms with E-state index in [-0.39, 0.29) is 41.2 Å². The van der Waals surface area contributed by atoms with Gasteiger partial charge in [0.05, 0.1) is 0 Å². The number of ketones is 1. The lowest BCUT2D eigenvalue weighted by Gasteiger charge is -2.40. The zero-order valence-electron chi connectivity index (χ0n) is 13.8. The van der Waals surface area contributed by atoms with Crippen molar-refractivity contribution >= 4 is 37.6 Å². The molecule has 0 amide bonds. The molecule has 4 nitrogen and oxygen atoms in total. The standard InChI is InChI=1S/C19H19Br2NO3/c1-9-17(15-11(20)5-3-7-13(15)23)22-18(10(2)19(9)25)16-12(21)6-4-8-14(16)24/h3-10,17-18,22-24H,1-2H3/t9-,10-,17-,18-/m0/s1. The highest BCUT2D eigenvalue weighted by Crippen LogP contribution is 2.45. The summed E-state index contributed by atoms with van der Waals surface area (Å²) in [6, 6.07) is 9.68. The monoisotopic (exact) mass is 467 g/mol. The number of rotatable bonds is 2. The summed E-state index contributed by atoms with van der Waals surface area (Å²) >= 11 is 6.96. The molecule has 1 aliphatic heterocycles. The molecule has 2 aromatic carbocycles. The van der Waals surface area contributed by atoms with E-state index in [1.54, 1.807) is 24.3 Å². The molecule has 2 aromatic rings. The maximum atomic E-state index is 12.9. The number of piperidine rings is 1. The van der Waals surface area contributed by atoms with Crippen molar-refractivity contribution in [3.05, 3.63) is 56.5 Å². The maximum absolute atomic E-state index is 12.9. The van der Waals surface area contributed by atoms with E-state index < -0.39 is 0 Å². The highest BCUT2D eigenvalue weighted by atomic mass is 79.9. The fraction of sp³-hybridized carbons (Fsp3) is 0.316. The first-order valence-corrected chi connectivity index (χ1v) is 9.66. The first-order chi connectivity index (χ1) is 11.8. The van der Waals surface area contributed by atoms with Crippen molar-refractivity contribution in [3.8, 4) is 11.5 Å². The molecule has 1 heterocycles. The Bertz CT molecular complexity index is 718. The molecule has 0 aliphatic carbocycles. The Balaban J connectivity index is 2.09. The summed E-state index contributed by atoms with van der Waals surface area (Å²) in [6.45, 7) is 3.73. The van der Waals surface area contributed by atoms with Crippen LogP contribution in [0.25, 0.3) is 0 Å². The molecule has 0 spiro atoms. The molecule has 4 atom stereocenters. The lowest BCUT2D eigenvalue weighted by Crippen LogP contribution is -2.46. The Morgan fingerprint density at radius 1 is 0.840 bits per heavy atom. The zero-order chi connectivity index (χ0) is 18.3. The first kappa shape index (κ1) is 18.4.